The molecule has 17 heavy (non-hydrogen) atoms. The van der Waals surface area contributed by atoms with Crippen LogP contribution in [0.25, 0.3) is 0 Å². The Morgan fingerprint density at radius 1 is 1.47 bits per heavy atom. The highest BCUT2D eigenvalue weighted by atomic mass is 19.1. The molecule has 0 spiro atoms. The quantitative estimate of drug-likeness (QED) is 0.880. The van der Waals surface area contributed by atoms with Crippen molar-refractivity contribution in [3.8, 4) is 5.75 Å². The summed E-state index contributed by atoms with van der Waals surface area (Å²) in [6.45, 7) is 1.79. The molecule has 1 aromatic carbocycles. The number of hydrogen-bond acceptors (Lipinski definition) is 2. The second-order valence-electron chi connectivity index (χ2n) is 4.51. The van der Waals surface area contributed by atoms with Crippen LogP contribution in [0, 0.1) is 12.7 Å². The highest BCUT2D eigenvalue weighted by molar-refractivity contribution is 5.84. The molecule has 0 unspecified atom stereocenters. The molecule has 1 N–H and O–H groups in total. The Labute approximate surface area is 99.2 Å². The van der Waals surface area contributed by atoms with Crippen LogP contribution in [0.4, 0.5) is 4.39 Å². The fourth-order valence-corrected chi connectivity index (χ4v) is 2.55. The molecule has 92 valence electrons. The summed E-state index contributed by atoms with van der Waals surface area (Å²) < 4.78 is 18.7. The Kier molecular flexibility index (Phi) is 2.81. The Balaban J connectivity index is 2.65. The van der Waals surface area contributed by atoms with E-state index in [0.717, 1.165) is 12.0 Å². The van der Waals surface area contributed by atoms with Gasteiger partial charge in [0.2, 0.25) is 0 Å². The van der Waals surface area contributed by atoms with Crippen molar-refractivity contribution in [1.82, 2.24) is 0 Å². The number of carboxylic acids is 1. The van der Waals surface area contributed by atoms with Gasteiger partial charge in [-0.2, -0.15) is 0 Å². The monoisotopic (exact) mass is 238 g/mol. The second kappa shape index (κ2) is 4.02. The van der Waals surface area contributed by atoms with Crippen LogP contribution < -0.4 is 4.74 Å². The predicted octanol–water partition coefficient (Wildman–Crippen LogP) is 2.65. The van der Waals surface area contributed by atoms with Gasteiger partial charge in [-0.3, -0.25) is 4.79 Å². The molecular weight excluding hydrogens is 223 g/mol. The third kappa shape index (κ3) is 1.59. The highest BCUT2D eigenvalue weighted by Crippen LogP contribution is 2.49. The van der Waals surface area contributed by atoms with E-state index in [0.29, 0.717) is 18.4 Å². The topological polar surface area (TPSA) is 46.5 Å². The van der Waals surface area contributed by atoms with Crippen LogP contribution in [-0.2, 0) is 10.2 Å². The third-order valence-corrected chi connectivity index (χ3v) is 3.62. The van der Waals surface area contributed by atoms with Crippen molar-refractivity contribution in [2.45, 2.75) is 31.6 Å². The van der Waals surface area contributed by atoms with Crippen LogP contribution in [0.15, 0.2) is 12.1 Å². The summed E-state index contributed by atoms with van der Waals surface area (Å²) >= 11 is 0. The van der Waals surface area contributed by atoms with E-state index in [-0.39, 0.29) is 5.75 Å². The lowest BCUT2D eigenvalue weighted by molar-refractivity contribution is -0.147. The molecule has 3 nitrogen and oxygen atoms in total. The van der Waals surface area contributed by atoms with Gasteiger partial charge < -0.3 is 9.84 Å². The molecule has 1 aromatic rings. The lowest BCUT2D eigenvalue weighted by Crippen LogP contribution is -2.43. The van der Waals surface area contributed by atoms with E-state index >= 15 is 0 Å². The maximum atomic E-state index is 13.7. The Morgan fingerprint density at radius 2 is 2.12 bits per heavy atom. The molecule has 1 saturated carbocycles. The highest BCUT2D eigenvalue weighted by Gasteiger charge is 2.49. The molecule has 2 rings (SSSR count). The minimum atomic E-state index is -0.961. The van der Waals surface area contributed by atoms with E-state index < -0.39 is 17.2 Å². The van der Waals surface area contributed by atoms with E-state index in [1.807, 2.05) is 0 Å². The zero-order valence-electron chi connectivity index (χ0n) is 9.92. The Hall–Kier alpha value is -1.58. The first-order chi connectivity index (χ1) is 8.03. The smallest absolute Gasteiger partial charge is 0.314 e. The first-order valence-electron chi connectivity index (χ1n) is 5.60. The minimum absolute atomic E-state index is 0.0760. The van der Waals surface area contributed by atoms with Crippen LogP contribution in [0.5, 0.6) is 5.75 Å². The number of benzene rings is 1. The number of aliphatic carboxylic acids is 1. The SMILES string of the molecule is COc1c(F)ccc(C)c1C1(C(=O)O)CCC1. The van der Waals surface area contributed by atoms with Gasteiger partial charge in [0, 0.05) is 5.56 Å². The summed E-state index contributed by atoms with van der Waals surface area (Å²) in [7, 11) is 1.37. The molecule has 0 heterocycles. The van der Waals surface area contributed by atoms with E-state index in [1.54, 1.807) is 13.0 Å². The molecule has 1 fully saturated rings. The van der Waals surface area contributed by atoms with Crippen molar-refractivity contribution in [3.05, 3.63) is 29.1 Å². The first kappa shape index (κ1) is 11.9. The maximum absolute atomic E-state index is 13.7. The molecule has 1 aliphatic carbocycles. The van der Waals surface area contributed by atoms with Gasteiger partial charge in [-0.25, -0.2) is 4.39 Å². The molecular formula is C13H15FO3. The van der Waals surface area contributed by atoms with E-state index in [9.17, 15) is 14.3 Å². The standard InChI is InChI=1S/C13H15FO3/c1-8-4-5-9(14)11(17-2)10(8)13(12(15)16)6-3-7-13/h4-5H,3,6-7H2,1-2H3,(H,15,16). The van der Waals surface area contributed by atoms with E-state index in [2.05, 4.69) is 0 Å². The van der Waals surface area contributed by atoms with E-state index in [4.69, 9.17) is 4.74 Å². The lowest BCUT2D eigenvalue weighted by Gasteiger charge is -2.39. The molecule has 0 radical (unpaired) electrons. The molecule has 0 aliphatic heterocycles. The number of hydrogen-bond donors (Lipinski definition) is 1. The van der Waals surface area contributed by atoms with Gasteiger partial charge >= 0.3 is 5.97 Å². The fourth-order valence-electron chi connectivity index (χ4n) is 2.55. The second-order valence-corrected chi connectivity index (χ2v) is 4.51. The van der Waals surface area contributed by atoms with Crippen molar-refractivity contribution in [2.24, 2.45) is 0 Å². The van der Waals surface area contributed by atoms with Crippen molar-refractivity contribution >= 4 is 5.97 Å². The summed E-state index contributed by atoms with van der Waals surface area (Å²) in [5.41, 5.74) is 0.307. The van der Waals surface area contributed by atoms with Gasteiger partial charge in [-0.1, -0.05) is 12.5 Å². The average Bonchev–Trinajstić information content (AvgIpc) is 2.21. The van der Waals surface area contributed by atoms with Gasteiger partial charge in [-0.15, -0.1) is 0 Å². The summed E-state index contributed by atoms with van der Waals surface area (Å²) in [6, 6.07) is 2.92. The number of aryl methyl sites for hydroxylation is 1. The van der Waals surface area contributed by atoms with Gasteiger partial charge in [-0.05, 0) is 31.4 Å². The normalized spacial score (nSPS) is 17.4. The van der Waals surface area contributed by atoms with Crippen molar-refractivity contribution in [1.29, 1.82) is 0 Å². The average molecular weight is 238 g/mol. The van der Waals surface area contributed by atoms with Crippen LogP contribution in [0.3, 0.4) is 0 Å². The van der Waals surface area contributed by atoms with Crippen LogP contribution in [0.2, 0.25) is 0 Å². The summed E-state index contributed by atoms with van der Waals surface area (Å²) in [5, 5.41) is 9.39. The van der Waals surface area contributed by atoms with Crippen LogP contribution >= 0.6 is 0 Å². The van der Waals surface area contributed by atoms with Crippen molar-refractivity contribution in [2.75, 3.05) is 7.11 Å². The number of carboxylic acid groups (broad SMARTS) is 1. The Morgan fingerprint density at radius 3 is 2.53 bits per heavy atom. The van der Waals surface area contributed by atoms with Gasteiger partial charge in [0.15, 0.2) is 11.6 Å². The van der Waals surface area contributed by atoms with Crippen molar-refractivity contribution in [3.63, 3.8) is 0 Å². The molecule has 0 atom stereocenters. The number of methoxy groups -OCH3 is 1. The van der Waals surface area contributed by atoms with Gasteiger partial charge in [0.05, 0.1) is 12.5 Å². The number of halogens is 1. The summed E-state index contributed by atoms with van der Waals surface area (Å²) in [6.07, 6.45) is 1.94. The third-order valence-electron chi connectivity index (χ3n) is 3.62. The molecule has 1 aliphatic rings. The van der Waals surface area contributed by atoms with Crippen LogP contribution in [-0.4, -0.2) is 18.2 Å². The van der Waals surface area contributed by atoms with Crippen LogP contribution in [0.1, 0.15) is 30.4 Å². The van der Waals surface area contributed by atoms with Gasteiger partial charge in [0.1, 0.15) is 0 Å². The predicted molar refractivity (Wildman–Crippen MR) is 60.9 cm³/mol. The zero-order valence-corrected chi connectivity index (χ0v) is 9.92. The molecule has 4 heteroatoms. The molecule has 0 aromatic heterocycles. The van der Waals surface area contributed by atoms with E-state index in [1.165, 1.54) is 13.2 Å². The Bertz CT molecular complexity index is 464. The van der Waals surface area contributed by atoms with Crippen molar-refractivity contribution < 1.29 is 19.0 Å². The first-order valence-corrected chi connectivity index (χ1v) is 5.60. The zero-order chi connectivity index (χ0) is 12.6. The number of ether oxygens (including phenoxy) is 1. The minimum Gasteiger partial charge on any atom is -0.493 e. The molecule has 0 amide bonds. The largest absolute Gasteiger partial charge is 0.493 e. The van der Waals surface area contributed by atoms with Gasteiger partial charge in [0.25, 0.3) is 0 Å². The summed E-state index contributed by atoms with van der Waals surface area (Å²) in [4.78, 5) is 11.5. The lowest BCUT2D eigenvalue weighted by atomic mass is 9.63. The fraction of sp³-hybridized carbons (Fsp3) is 0.462. The maximum Gasteiger partial charge on any atom is 0.314 e. The summed E-state index contributed by atoms with van der Waals surface area (Å²) in [5.74, 6) is -1.32. The number of carbonyl (C=O) groups is 1. The number of rotatable bonds is 3. The molecule has 0 bridgehead atoms. The molecule has 0 saturated heterocycles.